The predicted molar refractivity (Wildman–Crippen MR) is 125 cm³/mol. The third-order valence-electron chi connectivity index (χ3n) is 5.47. The number of halogens is 2. The minimum Gasteiger partial charge on any atom is -0.481 e. The van der Waals surface area contributed by atoms with E-state index in [0.717, 1.165) is 22.4 Å². The van der Waals surface area contributed by atoms with Gasteiger partial charge in [-0.25, -0.2) is 9.37 Å². The van der Waals surface area contributed by atoms with Crippen LogP contribution >= 0.6 is 11.6 Å². The summed E-state index contributed by atoms with van der Waals surface area (Å²) in [5.41, 5.74) is 3.95. The van der Waals surface area contributed by atoms with E-state index in [0.29, 0.717) is 22.8 Å². The summed E-state index contributed by atoms with van der Waals surface area (Å²) < 4.78 is 20.8. The molecular weight excluding hydrogens is 437 g/mol. The maximum atomic E-state index is 14.5. The normalized spacial score (nSPS) is 13.1. The van der Waals surface area contributed by atoms with Gasteiger partial charge in [0.25, 0.3) is 0 Å². The number of ether oxygens (including phenoxy) is 1. The van der Waals surface area contributed by atoms with Gasteiger partial charge in [-0.1, -0.05) is 29.5 Å². The first-order valence-electron chi connectivity index (χ1n) is 10.3. The third kappa shape index (κ3) is 3.74. The number of H-pyrrole nitrogens is 1. The van der Waals surface area contributed by atoms with Gasteiger partial charge in [-0.15, -0.1) is 0 Å². The summed E-state index contributed by atoms with van der Waals surface area (Å²) in [7, 11) is 0. The highest BCUT2D eigenvalue weighted by Crippen LogP contribution is 2.45. The van der Waals surface area contributed by atoms with Gasteiger partial charge in [-0.05, 0) is 68.4 Å². The van der Waals surface area contributed by atoms with Gasteiger partial charge < -0.3 is 9.72 Å². The molecule has 0 saturated carbocycles. The Hall–Kier alpha value is -4.06. The van der Waals surface area contributed by atoms with Crippen molar-refractivity contribution < 1.29 is 9.13 Å². The second kappa shape index (κ2) is 7.81. The van der Waals surface area contributed by atoms with E-state index in [-0.39, 0.29) is 10.6 Å². The number of nitrogens with one attached hydrogen (secondary N) is 1. The fourth-order valence-corrected chi connectivity index (χ4v) is 4.08. The van der Waals surface area contributed by atoms with E-state index in [1.165, 1.54) is 6.07 Å². The molecule has 33 heavy (non-hydrogen) atoms. The molecule has 5 rings (SSSR count). The summed E-state index contributed by atoms with van der Waals surface area (Å²) in [4.78, 5) is 7.92. The fourth-order valence-electron chi connectivity index (χ4n) is 3.82. The number of aromatic nitrogens is 2. The van der Waals surface area contributed by atoms with Gasteiger partial charge in [-0.3, -0.25) is 0 Å². The molecule has 0 spiro atoms. The Kier molecular flexibility index (Phi) is 4.93. The number of rotatable bonds is 1. The number of nitrogens with zero attached hydrogens (tertiary/aromatic N) is 2. The van der Waals surface area contributed by atoms with Crippen molar-refractivity contribution in [1.82, 2.24) is 9.97 Å². The smallest absolute Gasteiger partial charge is 0.145 e. The van der Waals surface area contributed by atoms with Gasteiger partial charge in [-0.2, -0.15) is 5.26 Å². The summed E-state index contributed by atoms with van der Waals surface area (Å²) in [6.07, 6.45) is 0. The fraction of sp³-hybridized carbons (Fsp3) is 0.111. The molecule has 4 nitrogen and oxygen atoms in total. The van der Waals surface area contributed by atoms with Crippen LogP contribution in [0.5, 0.6) is 5.75 Å². The standard InChI is InChI=1S/C27H17ClFN3O/c1-27(2)25-24(31-26(32-25)23-20(28)4-3-5-21(23)29)19-13-12-17(14-22(19)33-27)9-6-16-7-10-18(15-30)11-8-16/h3-5,7-8,10-14H,1-2H3,(H,31,32). The van der Waals surface area contributed by atoms with Crippen LogP contribution < -0.4 is 4.74 Å². The predicted octanol–water partition coefficient (Wildman–Crippen LogP) is 6.44. The van der Waals surface area contributed by atoms with Crippen LogP contribution in [0.1, 0.15) is 36.2 Å². The lowest BCUT2D eigenvalue weighted by atomic mass is 9.94. The third-order valence-corrected chi connectivity index (χ3v) is 5.79. The van der Waals surface area contributed by atoms with Gasteiger partial charge in [0.2, 0.25) is 0 Å². The van der Waals surface area contributed by atoms with Crippen LogP contribution in [0, 0.1) is 29.0 Å². The maximum absolute atomic E-state index is 14.5. The number of aromatic amines is 1. The molecule has 160 valence electrons. The van der Waals surface area contributed by atoms with Gasteiger partial charge >= 0.3 is 0 Å². The Morgan fingerprint density at radius 1 is 1.00 bits per heavy atom. The molecule has 6 heteroatoms. The lowest BCUT2D eigenvalue weighted by molar-refractivity contribution is 0.101. The van der Waals surface area contributed by atoms with Crippen LogP contribution in [0.4, 0.5) is 4.39 Å². The molecule has 0 fully saturated rings. The highest BCUT2D eigenvalue weighted by atomic mass is 35.5. The van der Waals surface area contributed by atoms with Crippen molar-refractivity contribution in [3.05, 3.63) is 93.9 Å². The molecule has 0 aliphatic carbocycles. The minimum atomic E-state index is -0.718. The molecule has 0 radical (unpaired) electrons. The van der Waals surface area contributed by atoms with Crippen molar-refractivity contribution in [2.75, 3.05) is 0 Å². The summed E-state index contributed by atoms with van der Waals surface area (Å²) in [6, 6.07) is 19.4. The van der Waals surface area contributed by atoms with E-state index in [1.54, 1.807) is 24.3 Å². The van der Waals surface area contributed by atoms with Crippen LogP contribution in [0.15, 0.2) is 60.7 Å². The van der Waals surface area contributed by atoms with Crippen LogP contribution in [-0.2, 0) is 5.60 Å². The zero-order chi connectivity index (χ0) is 23.2. The number of imidazole rings is 1. The zero-order valence-electron chi connectivity index (χ0n) is 17.8. The summed E-state index contributed by atoms with van der Waals surface area (Å²) in [5.74, 6) is 6.81. The van der Waals surface area contributed by atoms with Gasteiger partial charge in [0.05, 0.1) is 33.6 Å². The first-order valence-corrected chi connectivity index (χ1v) is 10.6. The molecule has 2 heterocycles. The second-order valence-corrected chi connectivity index (χ2v) is 8.58. The average Bonchev–Trinajstić information content (AvgIpc) is 3.24. The van der Waals surface area contributed by atoms with Gasteiger partial charge in [0.15, 0.2) is 0 Å². The Morgan fingerprint density at radius 2 is 1.70 bits per heavy atom. The molecule has 1 aromatic heterocycles. The molecule has 0 atom stereocenters. The summed E-state index contributed by atoms with van der Waals surface area (Å²) in [6.45, 7) is 3.85. The van der Waals surface area contributed by atoms with Crippen LogP contribution in [0.3, 0.4) is 0 Å². The minimum absolute atomic E-state index is 0.232. The maximum Gasteiger partial charge on any atom is 0.145 e. The van der Waals surface area contributed by atoms with Gasteiger partial charge in [0.1, 0.15) is 23.0 Å². The zero-order valence-corrected chi connectivity index (χ0v) is 18.6. The van der Waals surface area contributed by atoms with E-state index < -0.39 is 11.4 Å². The molecule has 1 aliphatic heterocycles. The SMILES string of the molecule is CC1(C)Oc2cc(C#Cc3ccc(C#N)cc3)ccc2-c2nc(-c3c(F)cccc3Cl)[nH]c21. The Labute approximate surface area is 195 Å². The van der Waals surface area contributed by atoms with Crippen LogP contribution in [0.2, 0.25) is 5.02 Å². The lowest BCUT2D eigenvalue weighted by Crippen LogP contribution is -2.29. The van der Waals surface area contributed by atoms with Crippen molar-refractivity contribution in [2.24, 2.45) is 0 Å². The average molecular weight is 454 g/mol. The molecular formula is C27H17ClFN3O. The molecule has 3 aromatic carbocycles. The largest absolute Gasteiger partial charge is 0.481 e. The topological polar surface area (TPSA) is 61.7 Å². The van der Waals surface area contributed by atoms with E-state index in [2.05, 4.69) is 22.9 Å². The van der Waals surface area contributed by atoms with Gasteiger partial charge in [0, 0.05) is 16.7 Å². The Balaban J connectivity index is 1.55. The molecule has 0 saturated heterocycles. The Bertz CT molecular complexity index is 1480. The van der Waals surface area contributed by atoms with Crippen molar-refractivity contribution >= 4 is 11.6 Å². The first kappa shape index (κ1) is 20.8. The monoisotopic (exact) mass is 453 g/mol. The number of hydrogen-bond donors (Lipinski definition) is 1. The summed E-state index contributed by atoms with van der Waals surface area (Å²) in [5, 5.41) is 9.21. The van der Waals surface area contributed by atoms with Crippen LogP contribution in [-0.4, -0.2) is 9.97 Å². The quantitative estimate of drug-likeness (QED) is 0.337. The molecule has 4 aromatic rings. The number of fused-ring (bicyclic) bond motifs is 3. The van der Waals surface area contributed by atoms with Crippen molar-refractivity contribution in [3.63, 3.8) is 0 Å². The molecule has 1 aliphatic rings. The lowest BCUT2D eigenvalue weighted by Gasteiger charge is -2.31. The van der Waals surface area contributed by atoms with Crippen LogP contribution in [0.25, 0.3) is 22.6 Å². The van der Waals surface area contributed by atoms with Crippen molar-refractivity contribution in [1.29, 1.82) is 5.26 Å². The number of benzene rings is 3. The molecule has 1 N–H and O–H groups in total. The van der Waals surface area contributed by atoms with E-state index in [9.17, 15) is 4.39 Å². The molecule has 0 amide bonds. The summed E-state index contributed by atoms with van der Waals surface area (Å²) >= 11 is 6.26. The van der Waals surface area contributed by atoms with E-state index >= 15 is 0 Å². The highest BCUT2D eigenvalue weighted by molar-refractivity contribution is 6.33. The molecule has 0 unspecified atom stereocenters. The highest BCUT2D eigenvalue weighted by Gasteiger charge is 2.36. The second-order valence-electron chi connectivity index (χ2n) is 8.17. The Morgan fingerprint density at radius 3 is 2.42 bits per heavy atom. The number of nitriles is 1. The van der Waals surface area contributed by atoms with Crippen molar-refractivity contribution in [3.8, 4) is 46.3 Å². The van der Waals surface area contributed by atoms with E-state index in [4.69, 9.17) is 26.6 Å². The first-order chi connectivity index (χ1) is 15.9. The molecule has 0 bridgehead atoms. The number of hydrogen-bond acceptors (Lipinski definition) is 3. The van der Waals surface area contributed by atoms with Crippen molar-refractivity contribution in [2.45, 2.75) is 19.4 Å². The van der Waals surface area contributed by atoms with E-state index in [1.807, 2.05) is 44.2 Å².